The first-order valence-corrected chi connectivity index (χ1v) is 4.79. The van der Waals surface area contributed by atoms with E-state index < -0.39 is 11.9 Å². The fourth-order valence-electron chi connectivity index (χ4n) is 1.76. The van der Waals surface area contributed by atoms with E-state index in [0.29, 0.717) is 32.7 Å². The second-order valence-corrected chi connectivity index (χ2v) is 3.72. The van der Waals surface area contributed by atoms with Crippen LogP contribution < -0.4 is 0 Å². The van der Waals surface area contributed by atoms with Gasteiger partial charge in [-0.15, -0.1) is 0 Å². The summed E-state index contributed by atoms with van der Waals surface area (Å²) in [7, 11) is 0. The lowest BCUT2D eigenvalue weighted by Gasteiger charge is -2.26. The first kappa shape index (κ1) is 9.45. The Kier molecular flexibility index (Phi) is 2.41. The molecule has 14 heavy (non-hydrogen) atoms. The average molecular weight is 199 g/mol. The third-order valence-corrected chi connectivity index (χ3v) is 2.75. The molecule has 0 bridgehead atoms. The van der Waals surface area contributed by atoms with Gasteiger partial charge in [-0.25, -0.2) is 0 Å². The van der Waals surface area contributed by atoms with Gasteiger partial charge in [-0.1, -0.05) is 0 Å². The van der Waals surface area contributed by atoms with Crippen LogP contribution in [-0.4, -0.2) is 48.2 Å². The summed E-state index contributed by atoms with van der Waals surface area (Å²) in [6.45, 7) is 2.33. The SMILES string of the molecule is O=C(O)[C@H]1C[C@H]1C(=O)N1CCOCC1. The topological polar surface area (TPSA) is 66.8 Å². The molecule has 1 aliphatic heterocycles. The molecule has 1 saturated heterocycles. The molecule has 1 heterocycles. The third kappa shape index (κ3) is 1.72. The van der Waals surface area contributed by atoms with Crippen LogP contribution in [0, 0.1) is 11.8 Å². The summed E-state index contributed by atoms with van der Waals surface area (Å²) in [6.07, 6.45) is 0.505. The average Bonchev–Trinajstić information content (AvgIpc) is 2.97. The Morgan fingerprint density at radius 3 is 2.36 bits per heavy atom. The molecule has 0 spiro atoms. The Morgan fingerprint density at radius 1 is 1.21 bits per heavy atom. The smallest absolute Gasteiger partial charge is 0.307 e. The number of ether oxygens (including phenoxy) is 1. The van der Waals surface area contributed by atoms with Crippen molar-refractivity contribution in [3.63, 3.8) is 0 Å². The molecule has 0 radical (unpaired) electrons. The van der Waals surface area contributed by atoms with Gasteiger partial charge in [-0.3, -0.25) is 9.59 Å². The molecule has 2 fully saturated rings. The van der Waals surface area contributed by atoms with Crippen molar-refractivity contribution in [1.82, 2.24) is 4.90 Å². The highest BCUT2D eigenvalue weighted by Gasteiger charge is 2.49. The van der Waals surface area contributed by atoms with E-state index in [2.05, 4.69) is 0 Å². The van der Waals surface area contributed by atoms with Gasteiger partial charge in [0, 0.05) is 13.1 Å². The van der Waals surface area contributed by atoms with E-state index >= 15 is 0 Å². The van der Waals surface area contributed by atoms with Crippen LogP contribution in [0.1, 0.15) is 6.42 Å². The highest BCUT2D eigenvalue weighted by Crippen LogP contribution is 2.40. The minimum atomic E-state index is -0.850. The van der Waals surface area contributed by atoms with E-state index in [1.165, 1.54) is 0 Å². The summed E-state index contributed by atoms with van der Waals surface area (Å²) in [5.41, 5.74) is 0. The summed E-state index contributed by atoms with van der Waals surface area (Å²) in [4.78, 5) is 24.0. The minimum Gasteiger partial charge on any atom is -0.481 e. The lowest BCUT2D eigenvalue weighted by molar-refractivity contribution is -0.143. The Labute approximate surface area is 81.6 Å². The number of carbonyl (C=O) groups excluding carboxylic acids is 1. The van der Waals surface area contributed by atoms with Crippen LogP contribution in [0.3, 0.4) is 0 Å². The lowest BCUT2D eigenvalue weighted by Crippen LogP contribution is -2.41. The van der Waals surface area contributed by atoms with Crippen LogP contribution in [0.2, 0.25) is 0 Å². The third-order valence-electron chi connectivity index (χ3n) is 2.75. The monoisotopic (exact) mass is 199 g/mol. The summed E-state index contributed by atoms with van der Waals surface area (Å²) in [5, 5.41) is 8.68. The van der Waals surface area contributed by atoms with Gasteiger partial charge in [0.1, 0.15) is 0 Å². The molecule has 0 aromatic rings. The van der Waals surface area contributed by atoms with E-state index in [9.17, 15) is 9.59 Å². The number of carboxylic acids is 1. The van der Waals surface area contributed by atoms with E-state index in [1.54, 1.807) is 4.90 Å². The lowest BCUT2D eigenvalue weighted by atomic mass is 10.2. The summed E-state index contributed by atoms with van der Waals surface area (Å²) in [6, 6.07) is 0. The number of nitrogens with zero attached hydrogens (tertiary/aromatic N) is 1. The molecule has 1 N–H and O–H groups in total. The van der Waals surface area contributed by atoms with Crippen LogP contribution in [0.5, 0.6) is 0 Å². The maximum Gasteiger partial charge on any atom is 0.307 e. The van der Waals surface area contributed by atoms with Crippen molar-refractivity contribution in [2.24, 2.45) is 11.8 Å². The van der Waals surface area contributed by atoms with E-state index in [0.717, 1.165) is 0 Å². The molecular weight excluding hydrogens is 186 g/mol. The maximum absolute atomic E-state index is 11.7. The van der Waals surface area contributed by atoms with Gasteiger partial charge in [-0.05, 0) is 6.42 Å². The Balaban J connectivity index is 1.87. The predicted molar refractivity (Wildman–Crippen MR) is 46.6 cm³/mol. The van der Waals surface area contributed by atoms with Crippen LogP contribution in [0.25, 0.3) is 0 Å². The van der Waals surface area contributed by atoms with Crippen LogP contribution >= 0.6 is 0 Å². The molecule has 1 saturated carbocycles. The largest absolute Gasteiger partial charge is 0.481 e. The Hall–Kier alpha value is -1.10. The minimum absolute atomic E-state index is 0.0132. The molecule has 1 amide bonds. The molecular formula is C9H13NO4. The molecule has 0 aromatic carbocycles. The van der Waals surface area contributed by atoms with Gasteiger partial charge in [-0.2, -0.15) is 0 Å². The molecule has 0 unspecified atom stereocenters. The van der Waals surface area contributed by atoms with E-state index in [-0.39, 0.29) is 11.8 Å². The molecule has 1 aliphatic carbocycles. The van der Waals surface area contributed by atoms with Gasteiger partial charge >= 0.3 is 5.97 Å². The predicted octanol–water partition coefficient (Wildman–Crippen LogP) is -0.434. The van der Waals surface area contributed by atoms with Gasteiger partial charge < -0.3 is 14.7 Å². The summed E-state index contributed by atoms with van der Waals surface area (Å²) in [5.74, 6) is -1.58. The zero-order valence-corrected chi connectivity index (χ0v) is 7.81. The quantitative estimate of drug-likeness (QED) is 0.655. The van der Waals surface area contributed by atoms with E-state index in [4.69, 9.17) is 9.84 Å². The number of hydrogen-bond acceptors (Lipinski definition) is 3. The molecule has 5 heteroatoms. The molecule has 78 valence electrons. The number of aliphatic carboxylic acids is 1. The summed E-state index contributed by atoms with van der Waals surface area (Å²) < 4.78 is 5.11. The normalized spacial score (nSPS) is 31.3. The Morgan fingerprint density at radius 2 is 1.86 bits per heavy atom. The highest BCUT2D eigenvalue weighted by atomic mass is 16.5. The second-order valence-electron chi connectivity index (χ2n) is 3.72. The maximum atomic E-state index is 11.7. The van der Waals surface area contributed by atoms with Crippen molar-refractivity contribution >= 4 is 11.9 Å². The first-order chi connectivity index (χ1) is 6.70. The number of rotatable bonds is 2. The van der Waals surface area contributed by atoms with Crippen LogP contribution in [0.15, 0.2) is 0 Å². The van der Waals surface area contributed by atoms with Crippen molar-refractivity contribution in [3.05, 3.63) is 0 Å². The standard InChI is InChI=1S/C9H13NO4/c11-8(6-5-7(6)9(12)13)10-1-3-14-4-2-10/h6-7H,1-5H2,(H,12,13)/t6-,7+/m1/s1. The zero-order chi connectivity index (χ0) is 10.1. The van der Waals surface area contributed by atoms with Gasteiger partial charge in [0.15, 0.2) is 0 Å². The molecule has 5 nitrogen and oxygen atoms in total. The molecule has 2 aliphatic rings. The van der Waals surface area contributed by atoms with Crippen molar-refractivity contribution in [2.45, 2.75) is 6.42 Å². The second kappa shape index (κ2) is 3.57. The fourth-order valence-corrected chi connectivity index (χ4v) is 1.76. The fraction of sp³-hybridized carbons (Fsp3) is 0.778. The van der Waals surface area contributed by atoms with Crippen molar-refractivity contribution in [3.8, 4) is 0 Å². The number of carbonyl (C=O) groups is 2. The summed E-state index contributed by atoms with van der Waals surface area (Å²) >= 11 is 0. The first-order valence-electron chi connectivity index (χ1n) is 4.79. The van der Waals surface area contributed by atoms with Crippen molar-refractivity contribution in [1.29, 1.82) is 0 Å². The van der Waals surface area contributed by atoms with E-state index in [1.807, 2.05) is 0 Å². The van der Waals surface area contributed by atoms with Crippen LogP contribution in [-0.2, 0) is 14.3 Å². The number of amides is 1. The molecule has 2 atom stereocenters. The number of morpholine rings is 1. The van der Waals surface area contributed by atoms with Gasteiger partial charge in [0.05, 0.1) is 25.0 Å². The van der Waals surface area contributed by atoms with Gasteiger partial charge in [0.25, 0.3) is 0 Å². The van der Waals surface area contributed by atoms with Crippen molar-refractivity contribution in [2.75, 3.05) is 26.3 Å². The van der Waals surface area contributed by atoms with Crippen LogP contribution in [0.4, 0.5) is 0 Å². The number of carboxylic acid groups (broad SMARTS) is 1. The van der Waals surface area contributed by atoms with Crippen molar-refractivity contribution < 1.29 is 19.4 Å². The molecule has 0 aromatic heterocycles. The van der Waals surface area contributed by atoms with Gasteiger partial charge in [0.2, 0.25) is 5.91 Å². The Bertz CT molecular complexity index is 260. The molecule has 2 rings (SSSR count). The highest BCUT2D eigenvalue weighted by molar-refractivity contribution is 5.89. The number of hydrogen-bond donors (Lipinski definition) is 1. The zero-order valence-electron chi connectivity index (χ0n) is 7.81.